The minimum absolute atomic E-state index is 0.304. The summed E-state index contributed by atoms with van der Waals surface area (Å²) in [5.74, 6) is -0.0482. The lowest BCUT2D eigenvalue weighted by Gasteiger charge is -2.09. The summed E-state index contributed by atoms with van der Waals surface area (Å²) in [5, 5.41) is 13.2. The van der Waals surface area contributed by atoms with Crippen molar-refractivity contribution in [3.05, 3.63) is 58.5 Å². The molecule has 0 radical (unpaired) electrons. The summed E-state index contributed by atoms with van der Waals surface area (Å²) in [7, 11) is 1.56. The second-order valence-corrected chi connectivity index (χ2v) is 4.58. The van der Waals surface area contributed by atoms with Gasteiger partial charge in [-0.05, 0) is 19.1 Å². The van der Waals surface area contributed by atoms with Crippen molar-refractivity contribution in [3.63, 3.8) is 0 Å². The number of pyridine rings is 1. The lowest BCUT2D eigenvalue weighted by Crippen LogP contribution is -2.03. The summed E-state index contributed by atoms with van der Waals surface area (Å²) < 4.78 is 18.6. The topological polar surface area (TPSA) is 70.3 Å². The van der Waals surface area contributed by atoms with Crippen LogP contribution < -0.4 is 5.43 Å². The number of halogens is 1. The lowest BCUT2D eigenvalue weighted by molar-refractivity contribution is 0.184. The molecule has 2 rings (SSSR count). The Labute approximate surface area is 128 Å². The number of methoxy groups -OCH3 is 1. The first-order valence-corrected chi connectivity index (χ1v) is 6.59. The van der Waals surface area contributed by atoms with Crippen LogP contribution in [0.15, 0.2) is 35.4 Å². The van der Waals surface area contributed by atoms with E-state index in [-0.39, 0.29) is 5.82 Å². The van der Waals surface area contributed by atoms with Gasteiger partial charge in [0, 0.05) is 23.9 Å². The van der Waals surface area contributed by atoms with Crippen LogP contribution in [0.1, 0.15) is 22.4 Å². The number of rotatable bonds is 5. The normalized spacial score (nSPS) is 10.6. The van der Waals surface area contributed by atoms with E-state index in [9.17, 15) is 9.65 Å². The number of benzene rings is 1. The molecule has 112 valence electrons. The summed E-state index contributed by atoms with van der Waals surface area (Å²) in [6.45, 7) is 2.12. The molecule has 0 aliphatic carbocycles. The molecule has 6 heteroatoms. The molecule has 0 unspecified atom stereocenters. The first-order valence-electron chi connectivity index (χ1n) is 6.59. The van der Waals surface area contributed by atoms with E-state index in [1.54, 1.807) is 31.4 Å². The number of aromatic nitrogens is 1. The Morgan fingerprint density at radius 3 is 2.91 bits per heavy atom. The predicted octanol–water partition coefficient (Wildman–Crippen LogP) is 2.99. The highest BCUT2D eigenvalue weighted by atomic mass is 19.1. The molecule has 2 aromatic rings. The van der Waals surface area contributed by atoms with Crippen molar-refractivity contribution >= 4 is 12.0 Å². The first-order chi connectivity index (χ1) is 10.7. The molecule has 22 heavy (non-hydrogen) atoms. The van der Waals surface area contributed by atoms with Gasteiger partial charge in [-0.15, -0.1) is 0 Å². The van der Waals surface area contributed by atoms with Crippen LogP contribution in [0.4, 0.5) is 10.2 Å². The molecular formula is C16H15FN4O. The van der Waals surface area contributed by atoms with Crippen LogP contribution in [-0.2, 0) is 11.3 Å². The number of hydrogen-bond acceptors (Lipinski definition) is 5. The van der Waals surface area contributed by atoms with Gasteiger partial charge in [0.1, 0.15) is 17.4 Å². The Hall–Kier alpha value is -2.78. The molecule has 1 heterocycles. The quantitative estimate of drug-likeness (QED) is 0.680. The largest absolute Gasteiger partial charge is 0.380 e. The fourth-order valence-electron chi connectivity index (χ4n) is 1.96. The molecule has 1 aromatic heterocycles. The Morgan fingerprint density at radius 1 is 1.45 bits per heavy atom. The van der Waals surface area contributed by atoms with Crippen molar-refractivity contribution in [2.24, 2.45) is 5.10 Å². The fourth-order valence-corrected chi connectivity index (χ4v) is 1.96. The van der Waals surface area contributed by atoms with Gasteiger partial charge in [-0.3, -0.25) is 5.43 Å². The Morgan fingerprint density at radius 2 is 2.23 bits per heavy atom. The molecule has 0 saturated heterocycles. The third kappa shape index (κ3) is 3.65. The smallest absolute Gasteiger partial charge is 0.164 e. The Balaban J connectivity index is 2.26. The van der Waals surface area contributed by atoms with Crippen molar-refractivity contribution in [1.29, 1.82) is 5.26 Å². The number of hydrogen-bond donors (Lipinski definition) is 1. The monoisotopic (exact) mass is 298 g/mol. The zero-order valence-corrected chi connectivity index (χ0v) is 12.3. The van der Waals surface area contributed by atoms with E-state index < -0.39 is 0 Å². The zero-order chi connectivity index (χ0) is 15.9. The van der Waals surface area contributed by atoms with Crippen molar-refractivity contribution in [3.8, 4) is 6.07 Å². The van der Waals surface area contributed by atoms with Gasteiger partial charge in [0.2, 0.25) is 0 Å². The van der Waals surface area contributed by atoms with Gasteiger partial charge >= 0.3 is 0 Å². The van der Waals surface area contributed by atoms with E-state index in [2.05, 4.69) is 21.6 Å². The summed E-state index contributed by atoms with van der Waals surface area (Å²) in [6, 6.07) is 10.1. The van der Waals surface area contributed by atoms with E-state index >= 15 is 0 Å². The van der Waals surface area contributed by atoms with Gasteiger partial charge in [-0.1, -0.05) is 18.2 Å². The molecule has 0 saturated carbocycles. The molecule has 1 aromatic carbocycles. The van der Waals surface area contributed by atoms with Crippen LogP contribution in [0.5, 0.6) is 0 Å². The highest BCUT2D eigenvalue weighted by Crippen LogP contribution is 2.19. The fraction of sp³-hybridized carbons (Fsp3) is 0.188. The average molecular weight is 298 g/mol. The second kappa shape index (κ2) is 7.29. The number of nitrogens with one attached hydrogen (secondary N) is 1. The number of aryl methyl sites for hydroxylation is 1. The lowest BCUT2D eigenvalue weighted by atomic mass is 10.1. The van der Waals surface area contributed by atoms with Crippen molar-refractivity contribution in [2.45, 2.75) is 13.5 Å². The molecule has 0 bridgehead atoms. The van der Waals surface area contributed by atoms with Crippen LogP contribution in [0, 0.1) is 24.1 Å². The first kappa shape index (κ1) is 15.6. The maximum Gasteiger partial charge on any atom is 0.164 e. The van der Waals surface area contributed by atoms with Gasteiger partial charge in [-0.25, -0.2) is 9.37 Å². The molecule has 5 nitrogen and oxygen atoms in total. The average Bonchev–Trinajstić information content (AvgIpc) is 2.49. The van der Waals surface area contributed by atoms with E-state index in [0.29, 0.717) is 23.6 Å². The molecule has 0 aliphatic rings. The highest BCUT2D eigenvalue weighted by Gasteiger charge is 2.10. The van der Waals surface area contributed by atoms with Crippen molar-refractivity contribution in [1.82, 2.24) is 4.98 Å². The maximum absolute atomic E-state index is 13.5. The molecular weight excluding hydrogens is 283 g/mol. The molecule has 1 N–H and O–H groups in total. The van der Waals surface area contributed by atoms with Crippen LogP contribution in [0.2, 0.25) is 0 Å². The third-order valence-corrected chi connectivity index (χ3v) is 2.92. The van der Waals surface area contributed by atoms with E-state index in [4.69, 9.17) is 4.74 Å². The Kier molecular flexibility index (Phi) is 5.17. The van der Waals surface area contributed by atoms with Gasteiger partial charge < -0.3 is 4.74 Å². The van der Waals surface area contributed by atoms with Gasteiger partial charge in [0.05, 0.1) is 12.8 Å². The number of ether oxygens (including phenoxy) is 1. The standard InChI is InChI=1S/C16H15FN4O/c1-11-7-13(10-22-2)14(8-18)16(20-11)21-19-9-12-5-3-4-6-15(12)17/h3-7,9H,10H2,1-2H3,(H,20,21)/b19-9+. The molecule has 0 fully saturated rings. The second-order valence-electron chi connectivity index (χ2n) is 4.58. The van der Waals surface area contributed by atoms with Crippen LogP contribution in [0.3, 0.4) is 0 Å². The maximum atomic E-state index is 13.5. The van der Waals surface area contributed by atoms with Crippen LogP contribution in [0.25, 0.3) is 0 Å². The van der Waals surface area contributed by atoms with Crippen molar-refractivity contribution in [2.75, 3.05) is 12.5 Å². The summed E-state index contributed by atoms with van der Waals surface area (Å²) in [4.78, 5) is 4.24. The number of nitriles is 1. The highest BCUT2D eigenvalue weighted by molar-refractivity contribution is 5.80. The third-order valence-electron chi connectivity index (χ3n) is 2.92. The summed E-state index contributed by atoms with van der Waals surface area (Å²) in [5.41, 5.74) is 4.85. The zero-order valence-electron chi connectivity index (χ0n) is 12.3. The SMILES string of the molecule is COCc1cc(C)nc(N/N=C/c2ccccc2F)c1C#N. The van der Waals surface area contributed by atoms with E-state index in [1.165, 1.54) is 12.3 Å². The summed E-state index contributed by atoms with van der Waals surface area (Å²) in [6.07, 6.45) is 1.34. The molecule has 0 amide bonds. The molecule has 0 spiro atoms. The van der Waals surface area contributed by atoms with Gasteiger partial charge in [-0.2, -0.15) is 10.4 Å². The predicted molar refractivity (Wildman–Crippen MR) is 82.0 cm³/mol. The minimum Gasteiger partial charge on any atom is -0.380 e. The molecule has 0 aliphatic heterocycles. The number of anilines is 1. The van der Waals surface area contributed by atoms with Gasteiger partial charge in [0.15, 0.2) is 5.82 Å². The number of nitrogens with zero attached hydrogens (tertiary/aromatic N) is 3. The summed E-state index contributed by atoms with van der Waals surface area (Å²) >= 11 is 0. The Bertz CT molecular complexity index is 737. The van der Waals surface area contributed by atoms with E-state index in [1.807, 2.05) is 6.92 Å². The van der Waals surface area contributed by atoms with Crippen LogP contribution in [-0.4, -0.2) is 18.3 Å². The number of hydrazone groups is 1. The molecule has 0 atom stereocenters. The van der Waals surface area contributed by atoms with Crippen molar-refractivity contribution < 1.29 is 9.13 Å². The van der Waals surface area contributed by atoms with Crippen LogP contribution >= 0.6 is 0 Å². The van der Waals surface area contributed by atoms with E-state index in [0.717, 1.165) is 11.3 Å². The van der Waals surface area contributed by atoms with Gasteiger partial charge in [0.25, 0.3) is 0 Å². The minimum atomic E-state index is -0.370.